The lowest BCUT2D eigenvalue weighted by molar-refractivity contribution is -0.142. The van der Waals surface area contributed by atoms with Crippen LogP contribution in [0.1, 0.15) is 33.0 Å². The van der Waals surface area contributed by atoms with Crippen molar-refractivity contribution >= 4 is 12.0 Å². The Kier molecular flexibility index (Phi) is 5.81. The highest BCUT2D eigenvalue weighted by molar-refractivity contribution is 5.75. The zero-order valence-electron chi connectivity index (χ0n) is 13.0. The molecule has 1 rings (SSSR count). The predicted octanol–water partition coefficient (Wildman–Crippen LogP) is 2.56. The molecule has 0 fully saturated rings. The van der Waals surface area contributed by atoms with Gasteiger partial charge in [0.05, 0.1) is 18.7 Å². The van der Waals surface area contributed by atoms with Crippen LogP contribution in [0.5, 0.6) is 0 Å². The summed E-state index contributed by atoms with van der Waals surface area (Å²) in [7, 11) is 1.64. The first-order valence-electron chi connectivity index (χ1n) is 6.93. The Morgan fingerprint density at radius 2 is 2.10 bits per heavy atom. The van der Waals surface area contributed by atoms with E-state index in [2.05, 4.69) is 5.32 Å². The van der Waals surface area contributed by atoms with Crippen LogP contribution in [0.15, 0.2) is 22.8 Å². The Bertz CT molecular complexity index is 463. The van der Waals surface area contributed by atoms with Crippen LogP contribution in [0, 0.1) is 11.3 Å². The number of hydrogen-bond acceptors (Lipinski definition) is 3. The standard InChI is InChI=1S/C15H24N2O4/c1-15(2,3)8-11(13(18)19)9-16-14(20)17(4)10-12-6-5-7-21-12/h5-7,11H,8-10H2,1-4H3,(H,16,20)(H,18,19). The van der Waals surface area contributed by atoms with Gasteiger partial charge in [0.25, 0.3) is 0 Å². The minimum Gasteiger partial charge on any atom is -0.481 e. The number of aliphatic carboxylic acids is 1. The molecule has 21 heavy (non-hydrogen) atoms. The number of nitrogens with one attached hydrogen (secondary N) is 1. The van der Waals surface area contributed by atoms with Gasteiger partial charge in [-0.2, -0.15) is 0 Å². The molecule has 0 saturated carbocycles. The summed E-state index contributed by atoms with van der Waals surface area (Å²) in [5.41, 5.74) is -0.103. The second-order valence-corrected chi connectivity index (χ2v) is 6.42. The molecule has 0 bridgehead atoms. The lowest BCUT2D eigenvalue weighted by Crippen LogP contribution is -2.41. The van der Waals surface area contributed by atoms with Crippen molar-refractivity contribution in [2.24, 2.45) is 11.3 Å². The Labute approximate surface area is 125 Å². The summed E-state index contributed by atoms with van der Waals surface area (Å²) >= 11 is 0. The number of carboxylic acids is 1. The van der Waals surface area contributed by atoms with Crippen molar-refractivity contribution in [3.05, 3.63) is 24.2 Å². The Hall–Kier alpha value is -1.98. The molecule has 0 radical (unpaired) electrons. The fourth-order valence-corrected chi connectivity index (χ4v) is 2.04. The predicted molar refractivity (Wildman–Crippen MR) is 78.8 cm³/mol. The highest BCUT2D eigenvalue weighted by atomic mass is 16.4. The van der Waals surface area contributed by atoms with Gasteiger partial charge in [-0.1, -0.05) is 20.8 Å². The molecule has 118 valence electrons. The summed E-state index contributed by atoms with van der Waals surface area (Å²) in [6, 6.07) is 3.22. The molecule has 0 spiro atoms. The minimum atomic E-state index is -0.890. The van der Waals surface area contributed by atoms with Gasteiger partial charge in [0.15, 0.2) is 0 Å². The van der Waals surface area contributed by atoms with Crippen LogP contribution in [0.25, 0.3) is 0 Å². The number of nitrogens with zero attached hydrogens (tertiary/aromatic N) is 1. The molecule has 6 heteroatoms. The number of carbonyl (C=O) groups is 2. The lowest BCUT2D eigenvalue weighted by Gasteiger charge is -2.24. The summed E-state index contributed by atoms with van der Waals surface area (Å²) < 4.78 is 5.17. The Morgan fingerprint density at radius 1 is 1.43 bits per heavy atom. The Balaban J connectivity index is 2.47. The van der Waals surface area contributed by atoms with Gasteiger partial charge in [-0.3, -0.25) is 4.79 Å². The second-order valence-electron chi connectivity index (χ2n) is 6.42. The van der Waals surface area contributed by atoms with Gasteiger partial charge in [-0.05, 0) is 24.0 Å². The van der Waals surface area contributed by atoms with Crippen molar-refractivity contribution < 1.29 is 19.1 Å². The molecule has 2 amide bonds. The van der Waals surface area contributed by atoms with Crippen molar-refractivity contribution in [3.8, 4) is 0 Å². The van der Waals surface area contributed by atoms with Crippen LogP contribution < -0.4 is 5.32 Å². The summed E-state index contributed by atoms with van der Waals surface area (Å²) in [5.74, 6) is -0.804. The average molecular weight is 296 g/mol. The zero-order valence-corrected chi connectivity index (χ0v) is 13.0. The molecule has 0 aliphatic heterocycles. The lowest BCUT2D eigenvalue weighted by atomic mass is 9.84. The minimum absolute atomic E-state index is 0.103. The fraction of sp³-hybridized carbons (Fsp3) is 0.600. The fourth-order valence-electron chi connectivity index (χ4n) is 2.04. The Morgan fingerprint density at radius 3 is 2.57 bits per heavy atom. The van der Waals surface area contributed by atoms with E-state index in [1.54, 1.807) is 25.4 Å². The van der Waals surface area contributed by atoms with Crippen molar-refractivity contribution in [1.29, 1.82) is 0 Å². The first kappa shape index (κ1) is 17.1. The van der Waals surface area contributed by atoms with Crippen LogP contribution in [0.3, 0.4) is 0 Å². The molecule has 1 aromatic heterocycles. The van der Waals surface area contributed by atoms with Gasteiger partial charge in [-0.15, -0.1) is 0 Å². The quantitative estimate of drug-likeness (QED) is 0.845. The number of amides is 2. The van der Waals surface area contributed by atoms with Crippen molar-refractivity contribution in [1.82, 2.24) is 10.2 Å². The number of furan rings is 1. The summed E-state index contributed by atoms with van der Waals surface area (Å²) in [4.78, 5) is 24.6. The number of carbonyl (C=O) groups excluding carboxylic acids is 1. The van der Waals surface area contributed by atoms with E-state index in [9.17, 15) is 14.7 Å². The molecular weight excluding hydrogens is 272 g/mol. The molecule has 1 heterocycles. The third-order valence-electron chi connectivity index (χ3n) is 3.03. The molecule has 0 aromatic carbocycles. The summed E-state index contributed by atoms with van der Waals surface area (Å²) in [6.45, 7) is 6.40. The number of carboxylic acid groups (broad SMARTS) is 1. The van der Waals surface area contributed by atoms with Crippen molar-refractivity contribution in [3.63, 3.8) is 0 Å². The molecule has 0 saturated heterocycles. The third-order valence-corrected chi connectivity index (χ3v) is 3.03. The van der Waals surface area contributed by atoms with E-state index in [-0.39, 0.29) is 18.0 Å². The van der Waals surface area contributed by atoms with E-state index in [0.29, 0.717) is 18.7 Å². The van der Waals surface area contributed by atoms with E-state index in [1.807, 2.05) is 20.8 Å². The second kappa shape index (κ2) is 7.15. The highest BCUT2D eigenvalue weighted by Crippen LogP contribution is 2.24. The van der Waals surface area contributed by atoms with Gasteiger partial charge in [-0.25, -0.2) is 4.79 Å². The van der Waals surface area contributed by atoms with E-state index >= 15 is 0 Å². The van der Waals surface area contributed by atoms with Gasteiger partial charge in [0, 0.05) is 13.6 Å². The summed E-state index contributed by atoms with van der Waals surface area (Å²) in [5, 5.41) is 11.9. The molecular formula is C15H24N2O4. The molecule has 1 aromatic rings. The zero-order chi connectivity index (χ0) is 16.0. The summed E-state index contributed by atoms with van der Waals surface area (Å²) in [6.07, 6.45) is 2.05. The number of urea groups is 1. The van der Waals surface area contributed by atoms with Gasteiger partial charge in [0.1, 0.15) is 5.76 Å². The van der Waals surface area contributed by atoms with Crippen LogP contribution in [0.4, 0.5) is 4.79 Å². The molecule has 0 aliphatic carbocycles. The molecule has 6 nitrogen and oxygen atoms in total. The van der Waals surface area contributed by atoms with E-state index in [1.165, 1.54) is 4.90 Å². The highest BCUT2D eigenvalue weighted by Gasteiger charge is 2.25. The van der Waals surface area contributed by atoms with Crippen LogP contribution >= 0.6 is 0 Å². The SMILES string of the molecule is CN(Cc1ccco1)C(=O)NCC(CC(C)(C)C)C(=O)O. The van der Waals surface area contributed by atoms with Crippen LogP contribution in [-0.2, 0) is 11.3 Å². The average Bonchev–Trinajstić information content (AvgIpc) is 2.85. The maximum absolute atomic E-state index is 11.9. The molecule has 1 atom stereocenters. The maximum atomic E-state index is 11.9. The topological polar surface area (TPSA) is 82.8 Å². The smallest absolute Gasteiger partial charge is 0.317 e. The van der Waals surface area contributed by atoms with E-state index in [0.717, 1.165) is 0 Å². The van der Waals surface area contributed by atoms with E-state index in [4.69, 9.17) is 4.42 Å². The van der Waals surface area contributed by atoms with Gasteiger partial charge in [0.2, 0.25) is 0 Å². The largest absolute Gasteiger partial charge is 0.481 e. The monoisotopic (exact) mass is 296 g/mol. The van der Waals surface area contributed by atoms with Crippen molar-refractivity contribution in [2.75, 3.05) is 13.6 Å². The van der Waals surface area contributed by atoms with Crippen LogP contribution in [-0.4, -0.2) is 35.6 Å². The number of rotatable bonds is 6. The molecule has 0 aliphatic rings. The number of hydrogen-bond donors (Lipinski definition) is 2. The normalized spacial score (nSPS) is 12.8. The first-order chi connectivity index (χ1) is 9.69. The third kappa shape index (κ3) is 6.33. The van der Waals surface area contributed by atoms with Gasteiger partial charge < -0.3 is 19.7 Å². The van der Waals surface area contributed by atoms with E-state index < -0.39 is 11.9 Å². The molecule has 1 unspecified atom stereocenters. The van der Waals surface area contributed by atoms with Crippen LogP contribution in [0.2, 0.25) is 0 Å². The van der Waals surface area contributed by atoms with Gasteiger partial charge >= 0.3 is 12.0 Å². The maximum Gasteiger partial charge on any atom is 0.317 e. The molecule has 2 N–H and O–H groups in total. The first-order valence-corrected chi connectivity index (χ1v) is 6.93. The van der Waals surface area contributed by atoms with Crippen molar-refractivity contribution in [2.45, 2.75) is 33.7 Å².